The van der Waals surface area contributed by atoms with Crippen LogP contribution in [0.15, 0.2) is 0 Å². The monoisotopic (exact) mass is 196 g/mol. The third kappa shape index (κ3) is 1.98. The lowest BCUT2D eigenvalue weighted by atomic mass is 9.97. The van der Waals surface area contributed by atoms with Crippen LogP contribution in [0.1, 0.15) is 52.4 Å². The van der Waals surface area contributed by atoms with Crippen LogP contribution in [0, 0.1) is 23.7 Å². The van der Waals surface area contributed by atoms with E-state index in [0.717, 1.165) is 18.3 Å². The molecule has 0 heterocycles. The van der Waals surface area contributed by atoms with E-state index < -0.39 is 0 Å². The van der Waals surface area contributed by atoms with Crippen LogP contribution in [0.25, 0.3) is 0 Å². The third-order valence-corrected chi connectivity index (χ3v) is 4.51. The summed E-state index contributed by atoms with van der Waals surface area (Å²) in [6.07, 6.45) is 7.87. The van der Waals surface area contributed by atoms with Crippen LogP contribution in [-0.4, -0.2) is 11.2 Å². The van der Waals surface area contributed by atoms with Gasteiger partial charge in [0.2, 0.25) is 0 Å². The molecule has 1 nitrogen and oxygen atoms in total. The average molecular weight is 196 g/mol. The molecular formula is C13H24O. The van der Waals surface area contributed by atoms with Gasteiger partial charge in [-0.3, -0.25) is 0 Å². The van der Waals surface area contributed by atoms with Crippen molar-refractivity contribution in [3.8, 4) is 0 Å². The van der Waals surface area contributed by atoms with Crippen LogP contribution in [0.3, 0.4) is 0 Å². The summed E-state index contributed by atoms with van der Waals surface area (Å²) in [4.78, 5) is 0. The van der Waals surface area contributed by atoms with E-state index in [-0.39, 0.29) is 6.10 Å². The molecule has 0 aromatic carbocycles. The predicted octanol–water partition coefficient (Wildman–Crippen LogP) is 3.22. The number of fused-ring (bicyclic) bond motifs is 1. The van der Waals surface area contributed by atoms with E-state index in [0.29, 0.717) is 11.8 Å². The van der Waals surface area contributed by atoms with Gasteiger partial charge in [0.05, 0.1) is 6.10 Å². The van der Waals surface area contributed by atoms with Crippen LogP contribution in [0.2, 0.25) is 0 Å². The van der Waals surface area contributed by atoms with Gasteiger partial charge >= 0.3 is 0 Å². The zero-order valence-electron chi connectivity index (χ0n) is 9.58. The van der Waals surface area contributed by atoms with Gasteiger partial charge in [0.1, 0.15) is 0 Å². The second-order valence-corrected chi connectivity index (χ2v) is 5.51. The first-order valence-electron chi connectivity index (χ1n) is 6.42. The van der Waals surface area contributed by atoms with Crippen LogP contribution < -0.4 is 0 Å². The zero-order valence-corrected chi connectivity index (χ0v) is 9.58. The molecule has 4 unspecified atom stereocenters. The molecule has 2 saturated carbocycles. The van der Waals surface area contributed by atoms with Gasteiger partial charge in [0.15, 0.2) is 0 Å². The first kappa shape index (κ1) is 10.5. The summed E-state index contributed by atoms with van der Waals surface area (Å²) in [5, 5.41) is 10.1. The van der Waals surface area contributed by atoms with Crippen molar-refractivity contribution in [3.05, 3.63) is 0 Å². The molecule has 0 spiro atoms. The number of aliphatic hydroxyl groups excluding tert-OH is 1. The van der Waals surface area contributed by atoms with Gasteiger partial charge in [-0.05, 0) is 42.9 Å². The molecule has 4 atom stereocenters. The Morgan fingerprint density at radius 1 is 1.21 bits per heavy atom. The molecule has 0 aliphatic heterocycles. The Balaban J connectivity index is 1.79. The summed E-state index contributed by atoms with van der Waals surface area (Å²) in [7, 11) is 0. The van der Waals surface area contributed by atoms with Crippen LogP contribution in [0.4, 0.5) is 0 Å². The first-order chi connectivity index (χ1) is 6.74. The van der Waals surface area contributed by atoms with E-state index in [2.05, 4.69) is 13.8 Å². The Hall–Kier alpha value is -0.0400. The van der Waals surface area contributed by atoms with E-state index in [1.807, 2.05) is 0 Å². The molecule has 1 N–H and O–H groups in total. The number of rotatable bonds is 4. The fourth-order valence-electron chi connectivity index (χ4n) is 3.35. The molecule has 0 bridgehead atoms. The van der Waals surface area contributed by atoms with Gasteiger partial charge < -0.3 is 5.11 Å². The lowest BCUT2D eigenvalue weighted by Crippen LogP contribution is -2.15. The van der Waals surface area contributed by atoms with E-state index in [1.54, 1.807) is 0 Å². The second-order valence-electron chi connectivity index (χ2n) is 5.51. The van der Waals surface area contributed by atoms with Crippen molar-refractivity contribution in [1.82, 2.24) is 0 Å². The fraction of sp³-hybridized carbons (Fsp3) is 1.00. The standard InChI is InChI=1S/C13H24O/c1-3-9(2)8-12(14)13-10-6-4-5-7-11(10)13/h9-14H,3-8H2,1-2H3. The summed E-state index contributed by atoms with van der Waals surface area (Å²) in [5.41, 5.74) is 0. The van der Waals surface area contributed by atoms with Crippen molar-refractivity contribution in [2.45, 2.75) is 58.5 Å². The number of hydrogen-bond donors (Lipinski definition) is 1. The minimum absolute atomic E-state index is 0.0121. The normalized spacial score (nSPS) is 40.1. The van der Waals surface area contributed by atoms with Gasteiger partial charge in [-0.1, -0.05) is 33.1 Å². The van der Waals surface area contributed by atoms with Crippen molar-refractivity contribution in [1.29, 1.82) is 0 Å². The topological polar surface area (TPSA) is 20.2 Å². The van der Waals surface area contributed by atoms with Gasteiger partial charge in [0, 0.05) is 0 Å². The highest BCUT2D eigenvalue weighted by molar-refractivity contribution is 5.02. The van der Waals surface area contributed by atoms with Gasteiger partial charge in [-0.15, -0.1) is 0 Å². The van der Waals surface area contributed by atoms with Gasteiger partial charge in [-0.25, -0.2) is 0 Å². The zero-order chi connectivity index (χ0) is 10.1. The first-order valence-corrected chi connectivity index (χ1v) is 6.42. The fourth-order valence-corrected chi connectivity index (χ4v) is 3.35. The molecule has 0 amide bonds. The maximum absolute atomic E-state index is 10.1. The maximum atomic E-state index is 10.1. The van der Waals surface area contributed by atoms with Crippen molar-refractivity contribution >= 4 is 0 Å². The lowest BCUT2D eigenvalue weighted by Gasteiger charge is -2.14. The van der Waals surface area contributed by atoms with Crippen molar-refractivity contribution in [2.75, 3.05) is 0 Å². The molecule has 14 heavy (non-hydrogen) atoms. The van der Waals surface area contributed by atoms with Gasteiger partial charge in [0.25, 0.3) is 0 Å². The summed E-state index contributed by atoms with van der Waals surface area (Å²) in [5.74, 6) is 3.20. The Kier molecular flexibility index (Phi) is 3.16. The molecule has 1 heteroatoms. The van der Waals surface area contributed by atoms with E-state index >= 15 is 0 Å². The molecular weight excluding hydrogens is 172 g/mol. The third-order valence-electron chi connectivity index (χ3n) is 4.51. The molecule has 2 rings (SSSR count). The summed E-state index contributed by atoms with van der Waals surface area (Å²) >= 11 is 0. The molecule has 0 radical (unpaired) electrons. The Labute approximate surface area is 87.9 Å². The highest BCUT2D eigenvalue weighted by Crippen LogP contribution is 2.57. The smallest absolute Gasteiger partial charge is 0.0576 e. The summed E-state index contributed by atoms with van der Waals surface area (Å²) < 4.78 is 0. The quantitative estimate of drug-likeness (QED) is 0.732. The molecule has 2 aliphatic carbocycles. The Morgan fingerprint density at radius 2 is 1.79 bits per heavy atom. The van der Waals surface area contributed by atoms with Crippen LogP contribution >= 0.6 is 0 Å². The highest BCUT2D eigenvalue weighted by Gasteiger charge is 2.53. The van der Waals surface area contributed by atoms with Crippen LogP contribution in [0.5, 0.6) is 0 Å². The van der Waals surface area contributed by atoms with Gasteiger partial charge in [-0.2, -0.15) is 0 Å². The van der Waals surface area contributed by atoms with Crippen molar-refractivity contribution in [2.24, 2.45) is 23.7 Å². The minimum atomic E-state index is 0.0121. The molecule has 0 aromatic rings. The SMILES string of the molecule is CCC(C)CC(O)C1C2CCCCC21. The predicted molar refractivity (Wildman–Crippen MR) is 59.0 cm³/mol. The largest absolute Gasteiger partial charge is 0.393 e. The van der Waals surface area contributed by atoms with E-state index in [1.165, 1.54) is 32.1 Å². The van der Waals surface area contributed by atoms with Crippen molar-refractivity contribution < 1.29 is 5.11 Å². The molecule has 82 valence electrons. The van der Waals surface area contributed by atoms with Crippen molar-refractivity contribution in [3.63, 3.8) is 0 Å². The average Bonchev–Trinajstić information content (AvgIpc) is 2.91. The number of hydrogen-bond acceptors (Lipinski definition) is 1. The summed E-state index contributed by atoms with van der Waals surface area (Å²) in [6.45, 7) is 4.48. The highest BCUT2D eigenvalue weighted by atomic mass is 16.3. The van der Waals surface area contributed by atoms with E-state index in [4.69, 9.17) is 0 Å². The lowest BCUT2D eigenvalue weighted by molar-refractivity contribution is 0.113. The second kappa shape index (κ2) is 4.22. The Bertz CT molecular complexity index is 178. The molecule has 2 fully saturated rings. The summed E-state index contributed by atoms with van der Waals surface area (Å²) in [6, 6.07) is 0. The van der Waals surface area contributed by atoms with Crippen LogP contribution in [-0.2, 0) is 0 Å². The Morgan fingerprint density at radius 3 is 2.29 bits per heavy atom. The molecule has 2 aliphatic rings. The molecule has 0 aromatic heterocycles. The maximum Gasteiger partial charge on any atom is 0.0576 e. The number of aliphatic hydroxyl groups is 1. The minimum Gasteiger partial charge on any atom is -0.393 e. The van der Waals surface area contributed by atoms with E-state index in [9.17, 15) is 5.11 Å². The molecule has 0 saturated heterocycles.